The molecule has 0 aliphatic rings. The fraction of sp³-hybridized carbons (Fsp3) is 0.667. The van der Waals surface area contributed by atoms with Gasteiger partial charge in [-0.15, -0.1) is 10.2 Å². The van der Waals surface area contributed by atoms with Gasteiger partial charge in [0.1, 0.15) is 5.01 Å². The molecule has 0 aliphatic carbocycles. The third kappa shape index (κ3) is 5.74. The second-order valence-electron chi connectivity index (χ2n) is 3.14. The first-order chi connectivity index (χ1) is 7.18. The molecular formula is C9H14N2O2S2. The van der Waals surface area contributed by atoms with Gasteiger partial charge in [-0.2, -0.15) is 0 Å². The second kappa shape index (κ2) is 6.79. The molecule has 1 N–H and O–H groups in total. The lowest BCUT2D eigenvalue weighted by atomic mass is 10.2. The highest BCUT2D eigenvalue weighted by molar-refractivity contribution is 8.01. The number of carboxylic acids is 1. The summed E-state index contributed by atoms with van der Waals surface area (Å²) in [5.41, 5.74) is 0. The van der Waals surface area contributed by atoms with E-state index in [1.807, 2.05) is 6.92 Å². The molecule has 0 atom stereocenters. The molecule has 1 rings (SSSR count). The standard InChI is InChI=1S/C9H14N2O2S2/c1-7-10-11-9(15-7)14-6-4-2-3-5-8(12)13/h2-6H2,1H3,(H,12,13). The fourth-order valence-electron chi connectivity index (χ4n) is 1.05. The van der Waals surface area contributed by atoms with Crippen molar-refractivity contribution >= 4 is 29.1 Å². The number of aliphatic carboxylic acids is 1. The Labute approximate surface area is 97.1 Å². The van der Waals surface area contributed by atoms with E-state index >= 15 is 0 Å². The number of carbonyl (C=O) groups is 1. The Morgan fingerprint density at radius 1 is 1.40 bits per heavy atom. The van der Waals surface area contributed by atoms with Crippen LogP contribution in [0.1, 0.15) is 30.7 Å². The van der Waals surface area contributed by atoms with Crippen LogP contribution in [-0.2, 0) is 4.79 Å². The maximum atomic E-state index is 10.2. The van der Waals surface area contributed by atoms with Crippen molar-refractivity contribution in [3.8, 4) is 0 Å². The molecule has 4 nitrogen and oxygen atoms in total. The van der Waals surface area contributed by atoms with Crippen molar-refractivity contribution in [3.63, 3.8) is 0 Å². The highest BCUT2D eigenvalue weighted by atomic mass is 32.2. The lowest BCUT2D eigenvalue weighted by Gasteiger charge is -1.97. The lowest BCUT2D eigenvalue weighted by molar-refractivity contribution is -0.137. The largest absolute Gasteiger partial charge is 0.481 e. The third-order valence-electron chi connectivity index (χ3n) is 1.77. The van der Waals surface area contributed by atoms with Crippen LogP contribution in [0.25, 0.3) is 0 Å². The number of hydrogen-bond acceptors (Lipinski definition) is 5. The SMILES string of the molecule is Cc1nnc(SCCCCCC(=O)O)s1. The fourth-order valence-corrected chi connectivity index (χ4v) is 2.94. The summed E-state index contributed by atoms with van der Waals surface area (Å²) in [4.78, 5) is 10.2. The van der Waals surface area contributed by atoms with Gasteiger partial charge in [-0.25, -0.2) is 0 Å². The normalized spacial score (nSPS) is 10.5. The van der Waals surface area contributed by atoms with Gasteiger partial charge in [-0.1, -0.05) is 29.5 Å². The van der Waals surface area contributed by atoms with E-state index in [2.05, 4.69) is 10.2 Å². The second-order valence-corrected chi connectivity index (χ2v) is 5.66. The van der Waals surface area contributed by atoms with E-state index in [-0.39, 0.29) is 6.42 Å². The molecule has 6 heteroatoms. The van der Waals surface area contributed by atoms with Crippen LogP contribution in [0, 0.1) is 6.92 Å². The molecule has 1 aromatic heterocycles. The molecule has 1 aromatic rings. The van der Waals surface area contributed by atoms with Gasteiger partial charge in [-0.05, 0) is 19.8 Å². The van der Waals surface area contributed by atoms with Crippen LogP contribution in [0.3, 0.4) is 0 Å². The molecule has 1 heterocycles. The summed E-state index contributed by atoms with van der Waals surface area (Å²) >= 11 is 3.30. The van der Waals surface area contributed by atoms with E-state index in [9.17, 15) is 4.79 Å². The van der Waals surface area contributed by atoms with Gasteiger partial charge in [0.05, 0.1) is 0 Å². The summed E-state index contributed by atoms with van der Waals surface area (Å²) < 4.78 is 1.01. The minimum Gasteiger partial charge on any atom is -0.481 e. The molecule has 0 amide bonds. The number of aromatic nitrogens is 2. The van der Waals surface area contributed by atoms with Crippen LogP contribution < -0.4 is 0 Å². The predicted octanol–water partition coefficient (Wildman–Crippen LogP) is 2.58. The minimum absolute atomic E-state index is 0.280. The smallest absolute Gasteiger partial charge is 0.303 e. The average Bonchev–Trinajstić information content (AvgIpc) is 2.57. The predicted molar refractivity (Wildman–Crippen MR) is 61.5 cm³/mol. The van der Waals surface area contributed by atoms with Gasteiger partial charge in [0.2, 0.25) is 0 Å². The Bertz CT molecular complexity index is 315. The Hall–Kier alpha value is -0.620. The summed E-state index contributed by atoms with van der Waals surface area (Å²) in [6.45, 7) is 1.94. The van der Waals surface area contributed by atoms with Crippen molar-refractivity contribution < 1.29 is 9.90 Å². The number of aryl methyl sites for hydroxylation is 1. The number of carboxylic acid groups (broad SMARTS) is 1. The van der Waals surface area contributed by atoms with E-state index < -0.39 is 5.97 Å². The molecule has 0 bridgehead atoms. The molecule has 0 aromatic carbocycles. The molecule has 84 valence electrons. The van der Waals surface area contributed by atoms with Gasteiger partial charge >= 0.3 is 5.97 Å². The number of unbranched alkanes of at least 4 members (excludes halogenated alkanes) is 2. The van der Waals surface area contributed by atoms with E-state index in [4.69, 9.17) is 5.11 Å². The van der Waals surface area contributed by atoms with Crippen molar-refractivity contribution in [2.24, 2.45) is 0 Å². The lowest BCUT2D eigenvalue weighted by Crippen LogP contribution is -1.93. The first-order valence-corrected chi connectivity index (χ1v) is 6.63. The van der Waals surface area contributed by atoms with E-state index in [1.54, 1.807) is 23.1 Å². The monoisotopic (exact) mass is 246 g/mol. The van der Waals surface area contributed by atoms with Crippen molar-refractivity contribution in [1.29, 1.82) is 0 Å². The van der Waals surface area contributed by atoms with Crippen molar-refractivity contribution in [2.45, 2.75) is 36.9 Å². The Balaban J connectivity index is 2.00. The molecule has 15 heavy (non-hydrogen) atoms. The van der Waals surface area contributed by atoms with E-state index in [0.717, 1.165) is 34.4 Å². The highest BCUT2D eigenvalue weighted by Gasteiger charge is 2.01. The number of nitrogens with zero attached hydrogens (tertiary/aromatic N) is 2. The summed E-state index contributed by atoms with van der Waals surface area (Å²) in [6, 6.07) is 0. The molecule has 0 unspecified atom stereocenters. The zero-order chi connectivity index (χ0) is 11.1. The summed E-state index contributed by atoms with van der Waals surface area (Å²) in [5, 5.41) is 17.3. The maximum Gasteiger partial charge on any atom is 0.303 e. The van der Waals surface area contributed by atoms with Crippen LogP contribution in [0.2, 0.25) is 0 Å². The summed E-state index contributed by atoms with van der Waals surface area (Å²) in [5.74, 6) is 0.288. The topological polar surface area (TPSA) is 63.1 Å². The minimum atomic E-state index is -0.706. The van der Waals surface area contributed by atoms with Gasteiger partial charge in [-0.3, -0.25) is 4.79 Å². The van der Waals surface area contributed by atoms with Gasteiger partial charge in [0, 0.05) is 12.2 Å². The molecule has 0 saturated carbocycles. The van der Waals surface area contributed by atoms with Gasteiger partial charge in [0.15, 0.2) is 4.34 Å². The van der Waals surface area contributed by atoms with Crippen molar-refractivity contribution in [3.05, 3.63) is 5.01 Å². The summed E-state index contributed by atoms with van der Waals surface area (Å²) in [7, 11) is 0. The molecule has 0 spiro atoms. The van der Waals surface area contributed by atoms with Crippen LogP contribution in [0.15, 0.2) is 4.34 Å². The number of rotatable bonds is 7. The number of hydrogen-bond donors (Lipinski definition) is 1. The third-order valence-corrected chi connectivity index (χ3v) is 3.83. The quantitative estimate of drug-likeness (QED) is 0.592. The van der Waals surface area contributed by atoms with Crippen LogP contribution in [0.4, 0.5) is 0 Å². The zero-order valence-electron chi connectivity index (χ0n) is 8.60. The molecule has 0 aliphatic heterocycles. The molecular weight excluding hydrogens is 232 g/mol. The first kappa shape index (κ1) is 12.4. The van der Waals surface area contributed by atoms with Crippen LogP contribution >= 0.6 is 23.1 Å². The molecule has 0 radical (unpaired) electrons. The van der Waals surface area contributed by atoms with Crippen LogP contribution in [0.5, 0.6) is 0 Å². The summed E-state index contributed by atoms with van der Waals surface area (Å²) in [6.07, 6.45) is 3.06. The Morgan fingerprint density at radius 3 is 2.80 bits per heavy atom. The highest BCUT2D eigenvalue weighted by Crippen LogP contribution is 2.22. The van der Waals surface area contributed by atoms with Crippen molar-refractivity contribution in [1.82, 2.24) is 10.2 Å². The zero-order valence-corrected chi connectivity index (χ0v) is 10.2. The van der Waals surface area contributed by atoms with Gasteiger partial charge in [0.25, 0.3) is 0 Å². The first-order valence-electron chi connectivity index (χ1n) is 4.83. The van der Waals surface area contributed by atoms with Crippen molar-refractivity contribution in [2.75, 3.05) is 5.75 Å². The van der Waals surface area contributed by atoms with Crippen LogP contribution in [-0.4, -0.2) is 27.0 Å². The average molecular weight is 246 g/mol. The maximum absolute atomic E-state index is 10.2. The number of thioether (sulfide) groups is 1. The Morgan fingerprint density at radius 2 is 2.20 bits per heavy atom. The molecule has 0 fully saturated rings. The van der Waals surface area contributed by atoms with Gasteiger partial charge < -0.3 is 5.11 Å². The van der Waals surface area contributed by atoms with E-state index in [0.29, 0.717) is 0 Å². The van der Waals surface area contributed by atoms with E-state index in [1.165, 1.54) is 0 Å². The molecule has 0 saturated heterocycles. The Kier molecular flexibility index (Phi) is 5.63.